The van der Waals surface area contributed by atoms with Crippen LogP contribution >= 0.6 is 0 Å². The largest absolute Gasteiger partial charge is 0.377 e. The van der Waals surface area contributed by atoms with Gasteiger partial charge in [0.2, 0.25) is 0 Å². The summed E-state index contributed by atoms with van der Waals surface area (Å²) in [5, 5.41) is 3.60. The summed E-state index contributed by atoms with van der Waals surface area (Å²) >= 11 is 0. The van der Waals surface area contributed by atoms with E-state index in [2.05, 4.69) is 15.3 Å². The summed E-state index contributed by atoms with van der Waals surface area (Å²) < 4.78 is 5.59. The normalized spacial score (nSPS) is 35.9. The third-order valence-corrected chi connectivity index (χ3v) is 3.14. The highest BCUT2D eigenvalue weighted by Crippen LogP contribution is 2.35. The standard InChI is InChI=1S/C10H13N3O/c1-3-10(6-14-5-8(1)13-10)9-2-4-11-7-12-9/h2,4,7-8,13H,1,3,5-6H2. The average Bonchev–Trinajstić information content (AvgIpc) is 2.57. The molecule has 2 fully saturated rings. The van der Waals surface area contributed by atoms with Crippen molar-refractivity contribution in [2.45, 2.75) is 24.4 Å². The van der Waals surface area contributed by atoms with E-state index >= 15 is 0 Å². The number of fused-ring (bicyclic) bond motifs is 2. The highest BCUT2D eigenvalue weighted by Gasteiger charge is 2.44. The van der Waals surface area contributed by atoms with Crippen molar-refractivity contribution < 1.29 is 4.74 Å². The molecule has 3 rings (SSSR count). The summed E-state index contributed by atoms with van der Waals surface area (Å²) in [4.78, 5) is 8.26. The van der Waals surface area contributed by atoms with Crippen LogP contribution in [-0.4, -0.2) is 29.2 Å². The minimum Gasteiger partial charge on any atom is -0.377 e. The Bertz CT molecular complexity index is 325. The van der Waals surface area contributed by atoms with Crippen LogP contribution in [0.5, 0.6) is 0 Å². The van der Waals surface area contributed by atoms with Gasteiger partial charge in [0.1, 0.15) is 6.33 Å². The van der Waals surface area contributed by atoms with Crippen LogP contribution in [0.4, 0.5) is 0 Å². The second-order valence-corrected chi connectivity index (χ2v) is 4.07. The number of aromatic nitrogens is 2. The van der Waals surface area contributed by atoms with Gasteiger partial charge in [0, 0.05) is 12.2 Å². The molecule has 2 aliphatic heterocycles. The van der Waals surface area contributed by atoms with Crippen LogP contribution in [0.25, 0.3) is 0 Å². The number of hydrogen-bond acceptors (Lipinski definition) is 4. The summed E-state index contributed by atoms with van der Waals surface area (Å²) in [5.41, 5.74) is 1.03. The van der Waals surface area contributed by atoms with Gasteiger partial charge in [-0.3, -0.25) is 5.32 Å². The summed E-state index contributed by atoms with van der Waals surface area (Å²) in [6.45, 7) is 1.58. The van der Waals surface area contributed by atoms with Gasteiger partial charge in [0.25, 0.3) is 0 Å². The summed E-state index contributed by atoms with van der Waals surface area (Å²) in [6, 6.07) is 2.49. The molecule has 2 aliphatic rings. The Hall–Kier alpha value is -1.00. The van der Waals surface area contributed by atoms with Crippen molar-refractivity contribution in [1.82, 2.24) is 15.3 Å². The molecular formula is C10H13N3O. The molecule has 0 aliphatic carbocycles. The minimum absolute atomic E-state index is 0.0359. The molecule has 1 N–H and O–H groups in total. The monoisotopic (exact) mass is 191 g/mol. The van der Waals surface area contributed by atoms with E-state index in [1.807, 2.05) is 6.07 Å². The lowest BCUT2D eigenvalue weighted by molar-refractivity contribution is 0.0271. The highest BCUT2D eigenvalue weighted by molar-refractivity contribution is 5.18. The van der Waals surface area contributed by atoms with E-state index in [1.165, 1.54) is 6.42 Å². The lowest BCUT2D eigenvalue weighted by Crippen LogP contribution is -2.50. The Morgan fingerprint density at radius 2 is 2.57 bits per heavy atom. The van der Waals surface area contributed by atoms with Crippen molar-refractivity contribution in [3.63, 3.8) is 0 Å². The van der Waals surface area contributed by atoms with Gasteiger partial charge in [0.05, 0.1) is 24.4 Å². The first-order valence-electron chi connectivity index (χ1n) is 5.01. The SMILES string of the molecule is c1cc(C23CCC(COC2)N3)ncn1. The fourth-order valence-corrected chi connectivity index (χ4v) is 2.42. The Morgan fingerprint density at radius 1 is 1.57 bits per heavy atom. The highest BCUT2D eigenvalue weighted by atomic mass is 16.5. The Morgan fingerprint density at radius 3 is 3.43 bits per heavy atom. The van der Waals surface area contributed by atoms with E-state index in [1.54, 1.807) is 12.5 Å². The van der Waals surface area contributed by atoms with E-state index in [0.29, 0.717) is 6.04 Å². The van der Waals surface area contributed by atoms with Crippen molar-refractivity contribution in [2.75, 3.05) is 13.2 Å². The second-order valence-electron chi connectivity index (χ2n) is 4.07. The van der Waals surface area contributed by atoms with Gasteiger partial charge >= 0.3 is 0 Å². The van der Waals surface area contributed by atoms with Gasteiger partial charge in [0.15, 0.2) is 0 Å². The third-order valence-electron chi connectivity index (χ3n) is 3.14. The molecule has 4 heteroatoms. The molecule has 2 unspecified atom stereocenters. The van der Waals surface area contributed by atoms with Gasteiger partial charge in [-0.2, -0.15) is 0 Å². The van der Waals surface area contributed by atoms with Crippen LogP contribution < -0.4 is 5.32 Å². The summed E-state index contributed by atoms with van der Waals surface area (Å²) in [5.74, 6) is 0. The van der Waals surface area contributed by atoms with E-state index < -0.39 is 0 Å². The first kappa shape index (κ1) is 8.32. The van der Waals surface area contributed by atoms with Crippen LogP contribution in [0, 0.1) is 0 Å². The number of nitrogens with one attached hydrogen (secondary N) is 1. The zero-order valence-electron chi connectivity index (χ0n) is 7.94. The fraction of sp³-hybridized carbons (Fsp3) is 0.600. The topological polar surface area (TPSA) is 47.0 Å². The minimum atomic E-state index is -0.0359. The molecule has 74 valence electrons. The van der Waals surface area contributed by atoms with Gasteiger partial charge in [-0.25, -0.2) is 9.97 Å². The van der Waals surface area contributed by atoms with Crippen molar-refractivity contribution in [1.29, 1.82) is 0 Å². The summed E-state index contributed by atoms with van der Waals surface area (Å²) in [6.07, 6.45) is 5.70. The predicted octanol–water partition coefficient (Wildman–Crippen LogP) is 0.454. The van der Waals surface area contributed by atoms with E-state index in [4.69, 9.17) is 4.74 Å². The molecule has 0 amide bonds. The smallest absolute Gasteiger partial charge is 0.115 e. The molecule has 0 radical (unpaired) electrons. The Labute approximate surface area is 82.7 Å². The van der Waals surface area contributed by atoms with E-state index in [-0.39, 0.29) is 5.54 Å². The molecule has 4 nitrogen and oxygen atoms in total. The number of nitrogens with zero attached hydrogens (tertiary/aromatic N) is 2. The molecule has 2 saturated heterocycles. The lowest BCUT2D eigenvalue weighted by Gasteiger charge is -2.33. The summed E-state index contributed by atoms with van der Waals surface area (Å²) in [7, 11) is 0. The maximum Gasteiger partial charge on any atom is 0.115 e. The van der Waals surface area contributed by atoms with Crippen molar-refractivity contribution in [2.24, 2.45) is 0 Å². The number of hydrogen-bond donors (Lipinski definition) is 1. The Kier molecular flexibility index (Phi) is 1.78. The van der Waals surface area contributed by atoms with Crippen LogP contribution in [0.1, 0.15) is 18.5 Å². The zero-order valence-corrected chi connectivity index (χ0v) is 7.94. The molecule has 0 spiro atoms. The van der Waals surface area contributed by atoms with Crippen LogP contribution in [0.2, 0.25) is 0 Å². The van der Waals surface area contributed by atoms with Gasteiger partial charge < -0.3 is 4.74 Å². The van der Waals surface area contributed by atoms with Crippen molar-refractivity contribution in [3.05, 3.63) is 24.3 Å². The average molecular weight is 191 g/mol. The number of morpholine rings is 1. The van der Waals surface area contributed by atoms with Crippen LogP contribution in [0.3, 0.4) is 0 Å². The molecule has 1 aromatic heterocycles. The number of rotatable bonds is 1. The Balaban J connectivity index is 1.97. The predicted molar refractivity (Wildman–Crippen MR) is 50.7 cm³/mol. The first-order valence-corrected chi connectivity index (χ1v) is 5.01. The van der Waals surface area contributed by atoms with Gasteiger partial charge in [-0.05, 0) is 18.9 Å². The molecule has 14 heavy (non-hydrogen) atoms. The fourth-order valence-electron chi connectivity index (χ4n) is 2.42. The molecule has 3 heterocycles. The zero-order chi connectivity index (χ0) is 9.43. The molecule has 0 aromatic carbocycles. The molecule has 2 bridgehead atoms. The maximum absolute atomic E-state index is 5.59. The molecule has 0 saturated carbocycles. The third kappa shape index (κ3) is 1.14. The molecule has 1 aromatic rings. The molecular weight excluding hydrogens is 178 g/mol. The van der Waals surface area contributed by atoms with Gasteiger partial charge in [-0.15, -0.1) is 0 Å². The first-order chi connectivity index (χ1) is 6.89. The van der Waals surface area contributed by atoms with Crippen LogP contribution in [0.15, 0.2) is 18.6 Å². The lowest BCUT2D eigenvalue weighted by atomic mass is 9.94. The van der Waals surface area contributed by atoms with Gasteiger partial charge in [-0.1, -0.05) is 0 Å². The second kappa shape index (κ2) is 3.00. The van der Waals surface area contributed by atoms with E-state index in [9.17, 15) is 0 Å². The maximum atomic E-state index is 5.59. The van der Waals surface area contributed by atoms with Crippen molar-refractivity contribution >= 4 is 0 Å². The van der Waals surface area contributed by atoms with Crippen molar-refractivity contribution in [3.8, 4) is 0 Å². The quantitative estimate of drug-likeness (QED) is 0.700. The number of ether oxygens (including phenoxy) is 1. The van der Waals surface area contributed by atoms with E-state index in [0.717, 1.165) is 25.3 Å². The van der Waals surface area contributed by atoms with Crippen LogP contribution in [-0.2, 0) is 10.3 Å². The molecule has 2 atom stereocenters.